The summed E-state index contributed by atoms with van der Waals surface area (Å²) in [6.07, 6.45) is 0.422. The Kier molecular flexibility index (Phi) is 6.80. The molecule has 2 heterocycles. The molecule has 0 aliphatic carbocycles. The average Bonchev–Trinajstić information content (AvgIpc) is 3.37. The molecule has 2 aliphatic rings. The quantitative estimate of drug-likeness (QED) is 0.240. The van der Waals surface area contributed by atoms with Crippen LogP contribution in [0.2, 0.25) is 0 Å². The summed E-state index contributed by atoms with van der Waals surface area (Å²) in [7, 11) is -2.15. The third-order valence-electron chi connectivity index (χ3n) is 5.70. The van der Waals surface area contributed by atoms with Crippen molar-refractivity contribution >= 4 is 42.9 Å². The first kappa shape index (κ1) is 23.0. The third kappa shape index (κ3) is 5.09. The van der Waals surface area contributed by atoms with Crippen LogP contribution in [0.25, 0.3) is 0 Å². The van der Waals surface area contributed by atoms with E-state index >= 15 is 0 Å². The zero-order chi connectivity index (χ0) is 23.5. The van der Waals surface area contributed by atoms with Crippen molar-refractivity contribution in [2.75, 3.05) is 6.54 Å². The molecular weight excluding hydrogens is 430 g/mol. The second-order valence-electron chi connectivity index (χ2n) is 7.92. The molecule has 33 heavy (non-hydrogen) atoms. The van der Waals surface area contributed by atoms with Crippen LogP contribution in [0, 0.1) is 0 Å². The molecule has 0 saturated heterocycles. The minimum atomic E-state index is -1.19. The second-order valence-corrected chi connectivity index (χ2v) is 7.92. The molecule has 1 atom stereocenters. The lowest BCUT2D eigenvalue weighted by atomic mass is 9.78. The highest BCUT2D eigenvalue weighted by atomic mass is 16.5. The largest absolute Gasteiger partial charge is 0.491 e. The van der Waals surface area contributed by atoms with Gasteiger partial charge in [0.2, 0.25) is 0 Å². The summed E-state index contributed by atoms with van der Waals surface area (Å²) >= 11 is 0. The summed E-state index contributed by atoms with van der Waals surface area (Å²) < 4.78 is 10.2. The number of carboxylic acids is 1. The third-order valence-corrected chi connectivity index (χ3v) is 5.70. The molecule has 0 bridgehead atoms. The Morgan fingerprint density at radius 2 is 1.45 bits per heavy atom. The van der Waals surface area contributed by atoms with Gasteiger partial charge in [0.15, 0.2) is 0 Å². The van der Waals surface area contributed by atoms with E-state index in [1.54, 1.807) is 30.3 Å². The lowest BCUT2D eigenvalue weighted by Crippen LogP contribution is -2.41. The van der Waals surface area contributed by atoms with Crippen molar-refractivity contribution in [3.8, 4) is 0 Å². The van der Waals surface area contributed by atoms with E-state index in [0.717, 1.165) is 11.1 Å². The number of carboxylic acid groups (broad SMARTS) is 1. The van der Waals surface area contributed by atoms with Gasteiger partial charge in [-0.2, -0.15) is 0 Å². The number of carbonyl (C=O) groups excluding carboxylic acids is 2. The van der Waals surface area contributed by atoms with Crippen molar-refractivity contribution in [3.63, 3.8) is 0 Å². The Labute approximate surface area is 190 Å². The average molecular weight is 452 g/mol. The van der Waals surface area contributed by atoms with Crippen molar-refractivity contribution in [2.45, 2.75) is 32.1 Å². The van der Waals surface area contributed by atoms with Crippen LogP contribution < -0.4 is 21.6 Å². The maximum absolute atomic E-state index is 12.5. The van der Waals surface area contributed by atoms with Crippen LogP contribution in [0.15, 0.2) is 36.4 Å². The van der Waals surface area contributed by atoms with Crippen molar-refractivity contribution in [2.24, 2.45) is 0 Å². The highest BCUT2D eigenvalue weighted by Gasteiger charge is 2.29. The predicted octanol–water partition coefficient (Wildman–Crippen LogP) is -1.48. The van der Waals surface area contributed by atoms with E-state index in [-0.39, 0.29) is 31.0 Å². The predicted molar refractivity (Wildman–Crippen MR) is 118 cm³/mol. The summed E-state index contributed by atoms with van der Waals surface area (Å²) in [5.41, 5.74) is 3.23. The molecule has 5 N–H and O–H groups in total. The lowest BCUT2D eigenvalue weighted by Gasteiger charge is -2.15. The molecule has 10 nitrogen and oxygen atoms in total. The molecule has 0 aromatic heterocycles. The Balaban J connectivity index is 1.28. The van der Waals surface area contributed by atoms with Crippen molar-refractivity contribution in [1.29, 1.82) is 0 Å². The Morgan fingerprint density at radius 3 is 2.00 bits per heavy atom. The van der Waals surface area contributed by atoms with Crippen LogP contribution in [0.4, 0.5) is 0 Å². The molecule has 0 radical (unpaired) electrons. The monoisotopic (exact) mass is 452 g/mol. The zero-order valence-corrected chi connectivity index (χ0v) is 17.6. The van der Waals surface area contributed by atoms with Crippen LogP contribution in [-0.2, 0) is 27.3 Å². The topological polar surface area (TPSA) is 154 Å². The SMILES string of the molecule is O=C(NCCC[C@@H](NC(=O)c1ccc2c(c1)B(O)OC2)C(=O)O)c1ccc2c(c1)B(O)OC2. The fourth-order valence-corrected chi connectivity index (χ4v) is 3.82. The van der Waals surface area contributed by atoms with Gasteiger partial charge in [0.05, 0.1) is 13.2 Å². The van der Waals surface area contributed by atoms with Crippen molar-refractivity contribution in [1.82, 2.24) is 10.6 Å². The molecule has 4 rings (SSSR count). The van der Waals surface area contributed by atoms with E-state index in [9.17, 15) is 29.5 Å². The second kappa shape index (κ2) is 9.75. The van der Waals surface area contributed by atoms with Crippen LogP contribution in [0.1, 0.15) is 44.7 Å². The first-order chi connectivity index (χ1) is 15.8. The highest BCUT2D eigenvalue weighted by Crippen LogP contribution is 2.13. The number of aliphatic carboxylic acids is 1. The molecule has 2 aliphatic heterocycles. The fourth-order valence-electron chi connectivity index (χ4n) is 3.82. The van der Waals surface area contributed by atoms with Gasteiger partial charge in [-0.3, -0.25) is 9.59 Å². The lowest BCUT2D eigenvalue weighted by molar-refractivity contribution is -0.139. The van der Waals surface area contributed by atoms with Crippen molar-refractivity contribution < 1.29 is 38.8 Å². The minimum Gasteiger partial charge on any atom is -0.480 e. The van der Waals surface area contributed by atoms with E-state index in [4.69, 9.17) is 9.31 Å². The smallest absolute Gasteiger partial charge is 0.480 e. The first-order valence-electron chi connectivity index (χ1n) is 10.5. The van der Waals surface area contributed by atoms with Gasteiger partial charge in [0, 0.05) is 17.7 Å². The van der Waals surface area contributed by atoms with E-state index < -0.39 is 32.2 Å². The number of hydrogen-bond donors (Lipinski definition) is 5. The molecule has 0 unspecified atom stereocenters. The number of nitrogens with one attached hydrogen (secondary N) is 2. The van der Waals surface area contributed by atoms with E-state index in [0.29, 0.717) is 29.5 Å². The summed E-state index contributed by atoms with van der Waals surface area (Å²) in [5, 5.41) is 34.2. The van der Waals surface area contributed by atoms with Gasteiger partial charge in [-0.15, -0.1) is 0 Å². The Bertz CT molecular complexity index is 1100. The first-order valence-corrected chi connectivity index (χ1v) is 10.5. The van der Waals surface area contributed by atoms with Crippen molar-refractivity contribution in [3.05, 3.63) is 58.7 Å². The van der Waals surface area contributed by atoms with Crippen LogP contribution in [0.5, 0.6) is 0 Å². The van der Waals surface area contributed by atoms with Gasteiger partial charge < -0.3 is 35.1 Å². The minimum absolute atomic E-state index is 0.106. The fraction of sp³-hybridized carbons (Fsp3) is 0.286. The summed E-state index contributed by atoms with van der Waals surface area (Å²) in [4.78, 5) is 36.5. The summed E-state index contributed by atoms with van der Waals surface area (Å²) in [6, 6.07) is 8.48. The van der Waals surface area contributed by atoms with Gasteiger partial charge >= 0.3 is 20.2 Å². The molecule has 12 heteroatoms. The Morgan fingerprint density at radius 1 is 0.909 bits per heavy atom. The molecule has 0 saturated carbocycles. The maximum Gasteiger partial charge on any atom is 0.491 e. The number of carbonyl (C=O) groups is 3. The summed E-state index contributed by atoms with van der Waals surface area (Å²) in [6.45, 7) is 0.749. The molecule has 0 spiro atoms. The number of benzene rings is 2. The van der Waals surface area contributed by atoms with E-state index in [2.05, 4.69) is 10.6 Å². The Hall–Kier alpha value is -3.18. The number of rotatable bonds is 8. The summed E-state index contributed by atoms with van der Waals surface area (Å²) in [5.74, 6) is -2.12. The van der Waals surface area contributed by atoms with Gasteiger partial charge in [0.1, 0.15) is 6.04 Å². The zero-order valence-electron chi connectivity index (χ0n) is 17.6. The number of hydrogen-bond acceptors (Lipinski definition) is 7. The maximum atomic E-state index is 12.5. The molecule has 2 aromatic carbocycles. The number of fused-ring (bicyclic) bond motifs is 2. The van der Waals surface area contributed by atoms with Crippen LogP contribution in [0.3, 0.4) is 0 Å². The van der Waals surface area contributed by atoms with E-state index in [1.807, 2.05) is 0 Å². The van der Waals surface area contributed by atoms with Crippen LogP contribution in [-0.4, -0.2) is 59.8 Å². The number of amides is 2. The van der Waals surface area contributed by atoms with E-state index in [1.165, 1.54) is 6.07 Å². The standard InChI is InChI=1S/C21H22B2N2O8/c26-19(12-3-5-14-10-32-22(30)16(14)8-12)24-7-1-2-18(21(28)29)25-20(27)13-4-6-15-11-33-23(31)17(15)9-13/h3-6,8-9,18,30-31H,1-2,7,10-11H2,(H,24,26)(H,25,27)(H,28,29)/t18-/m1/s1. The normalized spacial score (nSPS) is 15.1. The van der Waals surface area contributed by atoms with Gasteiger partial charge in [-0.25, -0.2) is 4.79 Å². The molecule has 170 valence electrons. The molecule has 0 fully saturated rings. The van der Waals surface area contributed by atoms with Crippen LogP contribution >= 0.6 is 0 Å². The van der Waals surface area contributed by atoms with Gasteiger partial charge in [-0.05, 0) is 59.2 Å². The highest BCUT2D eigenvalue weighted by molar-refractivity contribution is 6.62. The van der Waals surface area contributed by atoms with Gasteiger partial charge in [0.25, 0.3) is 11.8 Å². The molecular formula is C21H22B2N2O8. The molecule has 2 aromatic rings. The van der Waals surface area contributed by atoms with Gasteiger partial charge in [-0.1, -0.05) is 12.1 Å². The molecule has 2 amide bonds.